The van der Waals surface area contributed by atoms with Crippen molar-refractivity contribution in [2.75, 3.05) is 0 Å². The summed E-state index contributed by atoms with van der Waals surface area (Å²) in [5.41, 5.74) is 0.576. The van der Waals surface area contributed by atoms with E-state index in [1.165, 1.54) is 6.07 Å². The van der Waals surface area contributed by atoms with Crippen LogP contribution in [0.25, 0.3) is 0 Å². The lowest BCUT2D eigenvalue weighted by Gasteiger charge is -2.14. The maximum absolute atomic E-state index is 13.1. The van der Waals surface area contributed by atoms with Gasteiger partial charge in [0, 0.05) is 12.1 Å². The van der Waals surface area contributed by atoms with E-state index in [0.29, 0.717) is 11.6 Å². The molecule has 66 valence electrons. The van der Waals surface area contributed by atoms with Crippen LogP contribution in [-0.4, -0.2) is 4.98 Å². The van der Waals surface area contributed by atoms with Gasteiger partial charge in [0.1, 0.15) is 5.82 Å². The SMILES string of the molecule is CC(C)[C@@H](C)c1ncccc1F. The first-order valence-corrected chi connectivity index (χ1v) is 4.23. The first kappa shape index (κ1) is 9.17. The van der Waals surface area contributed by atoms with Gasteiger partial charge in [-0.2, -0.15) is 0 Å². The Morgan fingerprint density at radius 1 is 1.33 bits per heavy atom. The normalized spacial score (nSPS) is 13.4. The van der Waals surface area contributed by atoms with E-state index >= 15 is 0 Å². The fourth-order valence-corrected chi connectivity index (χ4v) is 1.05. The fraction of sp³-hybridized carbons (Fsp3) is 0.500. The van der Waals surface area contributed by atoms with E-state index in [4.69, 9.17) is 0 Å². The number of pyridine rings is 1. The molecule has 1 atom stereocenters. The van der Waals surface area contributed by atoms with Gasteiger partial charge in [-0.05, 0) is 18.1 Å². The van der Waals surface area contributed by atoms with Crippen LogP contribution in [-0.2, 0) is 0 Å². The smallest absolute Gasteiger partial charge is 0.144 e. The average molecular weight is 167 g/mol. The zero-order valence-electron chi connectivity index (χ0n) is 7.71. The highest BCUT2D eigenvalue weighted by molar-refractivity contribution is 5.11. The number of aromatic nitrogens is 1. The van der Waals surface area contributed by atoms with Gasteiger partial charge in [-0.3, -0.25) is 4.98 Å². The molecule has 0 aliphatic heterocycles. The topological polar surface area (TPSA) is 12.9 Å². The van der Waals surface area contributed by atoms with Gasteiger partial charge >= 0.3 is 0 Å². The second-order valence-electron chi connectivity index (χ2n) is 3.40. The molecule has 1 nitrogen and oxygen atoms in total. The van der Waals surface area contributed by atoms with E-state index < -0.39 is 0 Å². The predicted octanol–water partition coefficient (Wildman–Crippen LogP) is 2.98. The summed E-state index contributed by atoms with van der Waals surface area (Å²) in [6.07, 6.45) is 1.64. The van der Waals surface area contributed by atoms with Gasteiger partial charge in [0.25, 0.3) is 0 Å². The molecule has 0 aromatic carbocycles. The second-order valence-corrected chi connectivity index (χ2v) is 3.40. The van der Waals surface area contributed by atoms with Crippen LogP contribution in [0.15, 0.2) is 18.3 Å². The van der Waals surface area contributed by atoms with Crippen LogP contribution >= 0.6 is 0 Å². The Kier molecular flexibility index (Phi) is 2.79. The van der Waals surface area contributed by atoms with Gasteiger partial charge in [-0.15, -0.1) is 0 Å². The molecule has 0 N–H and O–H groups in total. The number of rotatable bonds is 2. The van der Waals surface area contributed by atoms with Crippen molar-refractivity contribution in [1.29, 1.82) is 0 Å². The zero-order valence-corrected chi connectivity index (χ0v) is 7.71. The molecule has 0 aliphatic rings. The van der Waals surface area contributed by atoms with Crippen molar-refractivity contribution < 1.29 is 4.39 Å². The summed E-state index contributed by atoms with van der Waals surface area (Å²) in [5, 5.41) is 0. The standard InChI is InChI=1S/C10H14FN/c1-7(2)8(3)10-9(11)5-4-6-12-10/h4-8H,1-3H3/t8-/m1/s1. The molecule has 0 amide bonds. The van der Waals surface area contributed by atoms with E-state index in [2.05, 4.69) is 18.8 Å². The molecule has 0 bridgehead atoms. The minimum absolute atomic E-state index is 0.186. The minimum Gasteiger partial charge on any atom is -0.258 e. The highest BCUT2D eigenvalue weighted by Gasteiger charge is 2.14. The van der Waals surface area contributed by atoms with Crippen molar-refractivity contribution in [3.63, 3.8) is 0 Å². The van der Waals surface area contributed by atoms with Crippen LogP contribution in [0.4, 0.5) is 4.39 Å². The molecule has 0 saturated carbocycles. The third kappa shape index (κ3) is 1.81. The molecule has 2 heteroatoms. The highest BCUT2D eigenvalue weighted by atomic mass is 19.1. The number of hydrogen-bond donors (Lipinski definition) is 0. The summed E-state index contributed by atoms with van der Waals surface area (Å²) in [5.74, 6) is 0.416. The molecule has 0 saturated heterocycles. The van der Waals surface area contributed by atoms with Crippen molar-refractivity contribution in [3.05, 3.63) is 29.8 Å². The molecule has 0 spiro atoms. The summed E-state index contributed by atoms with van der Waals surface area (Å²) in [7, 11) is 0. The van der Waals surface area contributed by atoms with Crippen molar-refractivity contribution in [1.82, 2.24) is 4.98 Å². The molecule has 0 unspecified atom stereocenters. The number of nitrogens with zero attached hydrogens (tertiary/aromatic N) is 1. The molecule has 1 rings (SSSR count). The van der Waals surface area contributed by atoms with E-state index in [0.717, 1.165) is 0 Å². The van der Waals surface area contributed by atoms with Crippen LogP contribution in [0.5, 0.6) is 0 Å². The Morgan fingerprint density at radius 2 is 2.00 bits per heavy atom. The molecule has 0 fully saturated rings. The maximum atomic E-state index is 13.1. The van der Waals surface area contributed by atoms with Crippen LogP contribution in [0.3, 0.4) is 0 Å². The Labute approximate surface area is 72.6 Å². The van der Waals surface area contributed by atoms with Crippen molar-refractivity contribution in [2.24, 2.45) is 5.92 Å². The lowest BCUT2D eigenvalue weighted by Crippen LogP contribution is -2.06. The van der Waals surface area contributed by atoms with E-state index in [1.807, 2.05) is 6.92 Å². The van der Waals surface area contributed by atoms with Gasteiger partial charge in [0.15, 0.2) is 0 Å². The molecule has 1 aromatic heterocycles. The summed E-state index contributed by atoms with van der Waals surface area (Å²) < 4.78 is 13.1. The third-order valence-electron chi connectivity index (χ3n) is 2.22. The largest absolute Gasteiger partial charge is 0.258 e. The van der Waals surface area contributed by atoms with Gasteiger partial charge in [0.05, 0.1) is 5.69 Å². The van der Waals surface area contributed by atoms with Crippen molar-refractivity contribution in [2.45, 2.75) is 26.7 Å². The van der Waals surface area contributed by atoms with E-state index in [1.54, 1.807) is 12.3 Å². The van der Waals surface area contributed by atoms with Gasteiger partial charge < -0.3 is 0 Å². The first-order valence-electron chi connectivity index (χ1n) is 4.23. The van der Waals surface area contributed by atoms with Crippen LogP contribution in [0.1, 0.15) is 32.4 Å². The Balaban J connectivity index is 2.94. The summed E-state index contributed by atoms with van der Waals surface area (Å²) in [4.78, 5) is 4.02. The Morgan fingerprint density at radius 3 is 2.50 bits per heavy atom. The lowest BCUT2D eigenvalue weighted by molar-refractivity contribution is 0.487. The lowest BCUT2D eigenvalue weighted by atomic mass is 9.94. The van der Waals surface area contributed by atoms with Crippen LogP contribution < -0.4 is 0 Å². The van der Waals surface area contributed by atoms with Crippen LogP contribution in [0, 0.1) is 11.7 Å². The molecule has 0 aliphatic carbocycles. The summed E-state index contributed by atoms with van der Waals surface area (Å²) >= 11 is 0. The summed E-state index contributed by atoms with van der Waals surface area (Å²) in [6.45, 7) is 6.13. The van der Waals surface area contributed by atoms with Gasteiger partial charge in [-0.1, -0.05) is 20.8 Å². The fourth-order valence-electron chi connectivity index (χ4n) is 1.05. The highest BCUT2D eigenvalue weighted by Crippen LogP contribution is 2.23. The maximum Gasteiger partial charge on any atom is 0.144 e. The van der Waals surface area contributed by atoms with Crippen LogP contribution in [0.2, 0.25) is 0 Å². The average Bonchev–Trinajstić information content (AvgIpc) is 2.04. The molecule has 1 heterocycles. The third-order valence-corrected chi connectivity index (χ3v) is 2.22. The Hall–Kier alpha value is -0.920. The van der Waals surface area contributed by atoms with Gasteiger partial charge in [-0.25, -0.2) is 4.39 Å². The first-order chi connectivity index (χ1) is 5.63. The monoisotopic (exact) mass is 167 g/mol. The number of halogens is 1. The molecular weight excluding hydrogens is 153 g/mol. The number of hydrogen-bond acceptors (Lipinski definition) is 1. The van der Waals surface area contributed by atoms with Crippen molar-refractivity contribution in [3.8, 4) is 0 Å². The molecule has 1 aromatic rings. The predicted molar refractivity (Wildman–Crippen MR) is 47.4 cm³/mol. The second kappa shape index (κ2) is 3.65. The van der Waals surface area contributed by atoms with Crippen molar-refractivity contribution >= 4 is 0 Å². The van der Waals surface area contributed by atoms with Gasteiger partial charge in [0.2, 0.25) is 0 Å². The molecule has 0 radical (unpaired) electrons. The minimum atomic E-state index is -0.196. The summed E-state index contributed by atoms with van der Waals surface area (Å²) in [6, 6.07) is 3.08. The Bertz CT molecular complexity index is 258. The quantitative estimate of drug-likeness (QED) is 0.659. The molecule has 12 heavy (non-hydrogen) atoms. The zero-order chi connectivity index (χ0) is 9.14. The van der Waals surface area contributed by atoms with E-state index in [-0.39, 0.29) is 11.7 Å². The molecular formula is C10H14FN. The van der Waals surface area contributed by atoms with E-state index in [9.17, 15) is 4.39 Å².